The number of para-hydroxylation sites is 1. The maximum Gasteiger partial charge on any atom is 0.212 e. The van der Waals surface area contributed by atoms with Crippen LogP contribution in [0.4, 0.5) is 0 Å². The molecule has 2 N–H and O–H groups in total. The third-order valence-electron chi connectivity index (χ3n) is 3.41. The fourth-order valence-corrected chi connectivity index (χ4v) is 2.80. The molecule has 5 nitrogen and oxygen atoms in total. The summed E-state index contributed by atoms with van der Waals surface area (Å²) >= 11 is 0. The fraction of sp³-hybridized carbons (Fsp3) is 0.429. The minimum atomic E-state index is -3.18. The van der Waals surface area contributed by atoms with E-state index in [0.29, 0.717) is 6.54 Å². The fourth-order valence-electron chi connectivity index (χ4n) is 2.21. The van der Waals surface area contributed by atoms with E-state index in [0.717, 1.165) is 22.3 Å². The lowest BCUT2D eigenvalue weighted by Gasteiger charge is -2.12. The highest BCUT2D eigenvalue weighted by atomic mass is 32.2. The van der Waals surface area contributed by atoms with Gasteiger partial charge in [-0.3, -0.25) is 0 Å². The van der Waals surface area contributed by atoms with E-state index in [4.69, 9.17) is 4.42 Å². The first-order valence-electron chi connectivity index (χ1n) is 6.57. The highest BCUT2D eigenvalue weighted by molar-refractivity contribution is 7.89. The van der Waals surface area contributed by atoms with Gasteiger partial charge in [0, 0.05) is 11.9 Å². The molecule has 1 heterocycles. The van der Waals surface area contributed by atoms with E-state index in [1.807, 2.05) is 38.1 Å². The number of furan rings is 1. The molecule has 2 rings (SSSR count). The van der Waals surface area contributed by atoms with Crippen molar-refractivity contribution in [2.45, 2.75) is 19.9 Å². The normalized spacial score (nSPS) is 13.8. The number of rotatable bonds is 6. The lowest BCUT2D eigenvalue weighted by atomic mass is 10.1. The summed E-state index contributed by atoms with van der Waals surface area (Å²) in [7, 11) is -1.76. The minimum Gasteiger partial charge on any atom is -0.459 e. The van der Waals surface area contributed by atoms with E-state index in [1.54, 1.807) is 0 Å². The second-order valence-electron chi connectivity index (χ2n) is 4.79. The highest BCUT2D eigenvalue weighted by Gasteiger charge is 2.16. The molecule has 0 amide bonds. The van der Waals surface area contributed by atoms with Crippen LogP contribution in [-0.4, -0.2) is 27.8 Å². The Morgan fingerprint density at radius 2 is 2.00 bits per heavy atom. The summed E-state index contributed by atoms with van der Waals surface area (Å²) in [6.45, 7) is 4.36. The van der Waals surface area contributed by atoms with Crippen LogP contribution in [0.25, 0.3) is 11.0 Å². The molecule has 1 unspecified atom stereocenters. The van der Waals surface area contributed by atoms with E-state index < -0.39 is 10.0 Å². The summed E-state index contributed by atoms with van der Waals surface area (Å²) < 4.78 is 30.8. The Bertz CT molecular complexity index is 692. The van der Waals surface area contributed by atoms with E-state index in [-0.39, 0.29) is 11.8 Å². The molecule has 2 aromatic rings. The third kappa shape index (κ3) is 3.20. The topological polar surface area (TPSA) is 71.3 Å². The lowest BCUT2D eigenvalue weighted by molar-refractivity contribution is 0.455. The van der Waals surface area contributed by atoms with Gasteiger partial charge in [0.15, 0.2) is 0 Å². The Hall–Kier alpha value is -1.37. The molecule has 1 aromatic heterocycles. The van der Waals surface area contributed by atoms with Gasteiger partial charge in [-0.25, -0.2) is 13.1 Å². The summed E-state index contributed by atoms with van der Waals surface area (Å²) in [4.78, 5) is 0. The van der Waals surface area contributed by atoms with Crippen LogP contribution >= 0.6 is 0 Å². The molecule has 20 heavy (non-hydrogen) atoms. The average Bonchev–Trinajstić information content (AvgIpc) is 2.76. The SMILES string of the molecule is CNS(=O)(=O)CCNC(C)c1oc2ccccc2c1C. The maximum atomic E-state index is 11.4. The summed E-state index contributed by atoms with van der Waals surface area (Å²) in [5.74, 6) is 0.903. The van der Waals surface area contributed by atoms with Crippen molar-refractivity contribution in [2.75, 3.05) is 19.3 Å². The van der Waals surface area contributed by atoms with Crippen LogP contribution in [0.3, 0.4) is 0 Å². The number of fused-ring (bicyclic) bond motifs is 1. The van der Waals surface area contributed by atoms with Crippen molar-refractivity contribution >= 4 is 21.0 Å². The zero-order chi connectivity index (χ0) is 14.8. The molecule has 0 aliphatic heterocycles. The summed E-state index contributed by atoms with van der Waals surface area (Å²) in [6.07, 6.45) is 0. The number of nitrogens with one attached hydrogen (secondary N) is 2. The smallest absolute Gasteiger partial charge is 0.212 e. The zero-order valence-corrected chi connectivity index (χ0v) is 12.8. The second kappa shape index (κ2) is 5.95. The molecule has 1 atom stereocenters. The van der Waals surface area contributed by atoms with Crippen molar-refractivity contribution in [1.82, 2.24) is 10.0 Å². The van der Waals surface area contributed by atoms with Gasteiger partial charge < -0.3 is 9.73 Å². The summed E-state index contributed by atoms with van der Waals surface area (Å²) in [6, 6.07) is 7.84. The van der Waals surface area contributed by atoms with Gasteiger partial charge in [-0.1, -0.05) is 18.2 Å². The number of hydrogen-bond donors (Lipinski definition) is 2. The largest absolute Gasteiger partial charge is 0.459 e. The van der Waals surface area contributed by atoms with Crippen molar-refractivity contribution in [3.05, 3.63) is 35.6 Å². The predicted octanol–water partition coefficient (Wildman–Crippen LogP) is 1.94. The van der Waals surface area contributed by atoms with E-state index in [1.165, 1.54) is 7.05 Å². The van der Waals surface area contributed by atoms with Crippen LogP contribution in [0.2, 0.25) is 0 Å². The highest BCUT2D eigenvalue weighted by Crippen LogP contribution is 2.28. The van der Waals surface area contributed by atoms with Crippen LogP contribution in [-0.2, 0) is 10.0 Å². The van der Waals surface area contributed by atoms with Gasteiger partial charge >= 0.3 is 0 Å². The first kappa shape index (κ1) is 15.0. The molecule has 6 heteroatoms. The molecule has 0 spiro atoms. The molecule has 110 valence electrons. The second-order valence-corrected chi connectivity index (χ2v) is 6.83. The van der Waals surface area contributed by atoms with Crippen LogP contribution in [0.1, 0.15) is 24.3 Å². The Labute approximate surface area is 119 Å². The Morgan fingerprint density at radius 3 is 2.65 bits per heavy atom. The van der Waals surface area contributed by atoms with Crippen molar-refractivity contribution in [2.24, 2.45) is 0 Å². The predicted molar refractivity (Wildman–Crippen MR) is 80.2 cm³/mol. The molecular weight excluding hydrogens is 276 g/mol. The lowest BCUT2D eigenvalue weighted by Crippen LogP contribution is -2.30. The van der Waals surface area contributed by atoms with Crippen LogP contribution in [0.5, 0.6) is 0 Å². The molecule has 0 radical (unpaired) electrons. The first-order valence-corrected chi connectivity index (χ1v) is 8.22. The maximum absolute atomic E-state index is 11.4. The molecular formula is C14H20N2O3S. The molecule has 0 saturated carbocycles. The Kier molecular flexibility index (Phi) is 4.47. The van der Waals surface area contributed by atoms with Crippen LogP contribution in [0, 0.1) is 6.92 Å². The summed E-state index contributed by atoms with van der Waals surface area (Å²) in [5, 5.41) is 4.27. The van der Waals surface area contributed by atoms with E-state index in [9.17, 15) is 8.42 Å². The van der Waals surface area contributed by atoms with Crippen molar-refractivity contribution in [1.29, 1.82) is 0 Å². The van der Waals surface area contributed by atoms with Crippen LogP contribution < -0.4 is 10.0 Å². The molecule has 0 saturated heterocycles. The van der Waals surface area contributed by atoms with Gasteiger partial charge in [-0.2, -0.15) is 0 Å². The van der Waals surface area contributed by atoms with Gasteiger partial charge in [0.25, 0.3) is 0 Å². The standard InChI is InChI=1S/C14H20N2O3S/c1-10-12-6-4-5-7-13(12)19-14(10)11(2)16-8-9-20(17,18)15-3/h4-7,11,15-16H,8-9H2,1-3H3. The van der Waals surface area contributed by atoms with Crippen molar-refractivity contribution < 1.29 is 12.8 Å². The van der Waals surface area contributed by atoms with Crippen LogP contribution in [0.15, 0.2) is 28.7 Å². The number of hydrogen-bond acceptors (Lipinski definition) is 4. The minimum absolute atomic E-state index is 0.0329. The van der Waals surface area contributed by atoms with Crippen molar-refractivity contribution in [3.8, 4) is 0 Å². The Morgan fingerprint density at radius 1 is 1.30 bits per heavy atom. The molecule has 0 aliphatic carbocycles. The third-order valence-corrected chi connectivity index (χ3v) is 4.77. The first-order chi connectivity index (χ1) is 9.44. The molecule has 0 aliphatic rings. The molecule has 0 bridgehead atoms. The monoisotopic (exact) mass is 296 g/mol. The number of sulfonamides is 1. The van der Waals surface area contributed by atoms with Gasteiger partial charge in [0.1, 0.15) is 11.3 Å². The average molecular weight is 296 g/mol. The van der Waals surface area contributed by atoms with Gasteiger partial charge in [-0.15, -0.1) is 0 Å². The number of benzene rings is 1. The summed E-state index contributed by atoms with van der Waals surface area (Å²) in [5.41, 5.74) is 1.95. The van der Waals surface area contributed by atoms with Gasteiger partial charge in [0.2, 0.25) is 10.0 Å². The zero-order valence-electron chi connectivity index (χ0n) is 11.9. The van der Waals surface area contributed by atoms with Crippen molar-refractivity contribution in [3.63, 3.8) is 0 Å². The van der Waals surface area contributed by atoms with E-state index in [2.05, 4.69) is 10.0 Å². The van der Waals surface area contributed by atoms with Gasteiger partial charge in [-0.05, 0) is 32.5 Å². The molecule has 1 aromatic carbocycles. The van der Waals surface area contributed by atoms with E-state index >= 15 is 0 Å². The quantitative estimate of drug-likeness (QED) is 0.854. The van der Waals surface area contributed by atoms with Gasteiger partial charge in [0.05, 0.1) is 11.8 Å². The Balaban J connectivity index is 2.08. The number of aryl methyl sites for hydroxylation is 1. The molecule has 0 fully saturated rings.